The van der Waals surface area contributed by atoms with Crippen LogP contribution in [0.15, 0.2) is 94.9 Å². The van der Waals surface area contributed by atoms with Gasteiger partial charge < -0.3 is 20.4 Å². The molecule has 0 spiro atoms. The predicted octanol–water partition coefficient (Wildman–Crippen LogP) is 6.31. The molecule has 6 nitrogen and oxygen atoms in total. The Kier molecular flexibility index (Phi) is 8.02. The van der Waals surface area contributed by atoms with Crippen molar-refractivity contribution in [2.24, 2.45) is 9.98 Å². The molecule has 34 heavy (non-hydrogen) atoms. The third kappa shape index (κ3) is 6.71. The van der Waals surface area contributed by atoms with Crippen molar-refractivity contribution in [3.05, 3.63) is 107 Å². The van der Waals surface area contributed by atoms with Crippen molar-refractivity contribution >= 4 is 23.8 Å². The second-order valence-corrected chi connectivity index (χ2v) is 7.62. The van der Waals surface area contributed by atoms with E-state index in [4.69, 9.17) is 0 Å². The van der Waals surface area contributed by atoms with E-state index < -0.39 is 0 Å². The van der Waals surface area contributed by atoms with Gasteiger partial charge in [0.1, 0.15) is 0 Å². The van der Waals surface area contributed by atoms with Crippen molar-refractivity contribution < 1.29 is 20.4 Å². The van der Waals surface area contributed by atoms with Crippen molar-refractivity contribution in [1.82, 2.24) is 0 Å². The van der Waals surface area contributed by atoms with Crippen LogP contribution in [0.5, 0.6) is 23.0 Å². The largest absolute Gasteiger partial charge is 0.504 e. The van der Waals surface area contributed by atoms with Gasteiger partial charge in [-0.15, -0.1) is 0 Å². The molecule has 4 rings (SSSR count). The number of hydrogen-bond donors (Lipinski definition) is 4. The molecule has 0 unspecified atom stereocenters. The molecule has 0 heterocycles. The molecule has 0 aliphatic rings. The fourth-order valence-corrected chi connectivity index (χ4v) is 3.01. The number of nitrogens with zero attached hydrogens (tertiary/aromatic N) is 2. The first-order chi connectivity index (χ1) is 16.3. The van der Waals surface area contributed by atoms with Gasteiger partial charge in [0.15, 0.2) is 23.0 Å². The molecule has 4 N–H and O–H groups in total. The van der Waals surface area contributed by atoms with Crippen LogP contribution in [-0.4, -0.2) is 32.9 Å². The van der Waals surface area contributed by atoms with Gasteiger partial charge in [-0.05, 0) is 73.5 Å². The molecule has 0 saturated carbocycles. The first-order valence-corrected chi connectivity index (χ1v) is 10.6. The zero-order valence-corrected chi connectivity index (χ0v) is 18.9. The summed E-state index contributed by atoms with van der Waals surface area (Å²) in [6.45, 7) is 3.98. The van der Waals surface area contributed by atoms with Crippen molar-refractivity contribution in [2.45, 2.75) is 13.8 Å². The Morgan fingerprint density at radius 3 is 1.29 bits per heavy atom. The number of rotatable bonds is 4. The van der Waals surface area contributed by atoms with Crippen molar-refractivity contribution in [1.29, 1.82) is 0 Å². The van der Waals surface area contributed by atoms with Gasteiger partial charge in [0, 0.05) is 23.6 Å². The number of hydrogen-bond acceptors (Lipinski definition) is 6. The molecule has 0 aromatic heterocycles. The zero-order chi connectivity index (χ0) is 24.5. The Morgan fingerprint density at radius 1 is 0.529 bits per heavy atom. The van der Waals surface area contributed by atoms with Crippen LogP contribution >= 0.6 is 0 Å². The monoisotopic (exact) mass is 454 g/mol. The van der Waals surface area contributed by atoms with E-state index in [1.54, 1.807) is 24.3 Å². The summed E-state index contributed by atoms with van der Waals surface area (Å²) >= 11 is 0. The summed E-state index contributed by atoms with van der Waals surface area (Å²) in [7, 11) is 0. The number of benzene rings is 4. The maximum absolute atomic E-state index is 9.59. The van der Waals surface area contributed by atoms with Crippen LogP contribution in [0.3, 0.4) is 0 Å². The van der Waals surface area contributed by atoms with Gasteiger partial charge in [-0.3, -0.25) is 9.98 Å². The maximum Gasteiger partial charge on any atom is 0.166 e. The summed E-state index contributed by atoms with van der Waals surface area (Å²) in [6, 6.07) is 25.0. The number of aliphatic imine (C=N–C) groups is 2. The highest BCUT2D eigenvalue weighted by Gasteiger charge is 2.03. The smallest absolute Gasteiger partial charge is 0.166 e. The van der Waals surface area contributed by atoms with E-state index >= 15 is 0 Å². The Morgan fingerprint density at radius 2 is 0.912 bits per heavy atom. The molecule has 0 atom stereocenters. The fraction of sp³-hybridized carbons (Fsp3) is 0.0714. The predicted molar refractivity (Wildman–Crippen MR) is 136 cm³/mol. The topological polar surface area (TPSA) is 106 Å². The third-order valence-corrected chi connectivity index (χ3v) is 4.80. The maximum atomic E-state index is 9.59. The Labute approximate surface area is 198 Å². The number of phenolic OH excluding ortho intramolecular Hbond substituents is 4. The second kappa shape index (κ2) is 11.3. The van der Waals surface area contributed by atoms with Crippen LogP contribution in [0.2, 0.25) is 0 Å². The van der Waals surface area contributed by atoms with Crippen molar-refractivity contribution in [3.8, 4) is 23.0 Å². The minimum absolute atomic E-state index is 0.141. The molecule has 0 aliphatic carbocycles. The highest BCUT2D eigenvalue weighted by atomic mass is 16.3. The van der Waals surface area contributed by atoms with Crippen LogP contribution < -0.4 is 0 Å². The molecular weight excluding hydrogens is 428 g/mol. The molecule has 0 bridgehead atoms. The highest BCUT2D eigenvalue weighted by Crippen LogP contribution is 2.28. The van der Waals surface area contributed by atoms with Gasteiger partial charge in [0.2, 0.25) is 0 Å². The van der Waals surface area contributed by atoms with E-state index in [9.17, 15) is 20.4 Å². The SMILES string of the molecule is Cc1cccc(N=Cc2cccc(O)c2O)c1.Cc1cccc(N=Cc2cccc(O)c2O)c1. The number of para-hydroxylation sites is 2. The van der Waals surface area contributed by atoms with E-state index in [1.165, 1.54) is 24.6 Å². The molecule has 4 aromatic rings. The summed E-state index contributed by atoms with van der Waals surface area (Å²) in [4.78, 5) is 8.49. The standard InChI is InChI=1S/2C14H13NO2/c2*1-10-4-2-6-12(8-10)15-9-11-5-3-7-13(16)14(11)17/h2*2-9,16-17H,1H3. The lowest BCUT2D eigenvalue weighted by atomic mass is 10.2. The molecule has 0 amide bonds. The van der Waals surface area contributed by atoms with Gasteiger partial charge >= 0.3 is 0 Å². The van der Waals surface area contributed by atoms with Crippen LogP contribution in [0, 0.1) is 13.8 Å². The lowest BCUT2D eigenvalue weighted by molar-refractivity contribution is 0.403. The molecule has 0 aliphatic heterocycles. The van der Waals surface area contributed by atoms with Crippen LogP contribution in [0.4, 0.5) is 11.4 Å². The minimum atomic E-state index is -0.149. The van der Waals surface area contributed by atoms with Crippen LogP contribution in [-0.2, 0) is 0 Å². The van der Waals surface area contributed by atoms with Crippen molar-refractivity contribution in [2.75, 3.05) is 0 Å². The molecule has 4 aromatic carbocycles. The van der Waals surface area contributed by atoms with Gasteiger partial charge in [-0.2, -0.15) is 0 Å². The fourth-order valence-electron chi connectivity index (χ4n) is 3.01. The molecule has 0 saturated heterocycles. The molecule has 0 fully saturated rings. The summed E-state index contributed by atoms with van der Waals surface area (Å²) in [5.74, 6) is -0.579. The number of aromatic hydroxyl groups is 4. The van der Waals surface area contributed by atoms with E-state index in [-0.39, 0.29) is 23.0 Å². The lowest BCUT2D eigenvalue weighted by Gasteiger charge is -2.00. The average molecular weight is 455 g/mol. The summed E-state index contributed by atoms with van der Waals surface area (Å²) in [6.07, 6.45) is 3.06. The molecular formula is C28H26N2O4. The van der Waals surface area contributed by atoms with Crippen LogP contribution in [0.1, 0.15) is 22.3 Å². The first kappa shape index (κ1) is 24.1. The van der Waals surface area contributed by atoms with Gasteiger partial charge in [-0.1, -0.05) is 36.4 Å². The number of phenols is 4. The van der Waals surface area contributed by atoms with Gasteiger partial charge in [-0.25, -0.2) is 0 Å². The second-order valence-electron chi connectivity index (χ2n) is 7.62. The zero-order valence-electron chi connectivity index (χ0n) is 18.9. The summed E-state index contributed by atoms with van der Waals surface area (Å²) in [5, 5.41) is 37.8. The quantitative estimate of drug-likeness (QED) is 0.214. The molecule has 6 heteroatoms. The Hall–Kier alpha value is -4.58. The Balaban J connectivity index is 0.000000191. The minimum Gasteiger partial charge on any atom is -0.504 e. The van der Waals surface area contributed by atoms with E-state index in [0.29, 0.717) is 11.1 Å². The van der Waals surface area contributed by atoms with E-state index in [2.05, 4.69) is 9.98 Å². The molecule has 0 radical (unpaired) electrons. The lowest BCUT2D eigenvalue weighted by Crippen LogP contribution is -1.82. The molecule has 172 valence electrons. The van der Waals surface area contributed by atoms with E-state index in [0.717, 1.165) is 22.5 Å². The normalized spacial score (nSPS) is 10.9. The highest BCUT2D eigenvalue weighted by molar-refractivity contribution is 5.87. The summed E-state index contributed by atoms with van der Waals surface area (Å²) < 4.78 is 0. The van der Waals surface area contributed by atoms with Crippen LogP contribution in [0.25, 0.3) is 0 Å². The summed E-state index contributed by atoms with van der Waals surface area (Å²) in [5.41, 5.74) is 4.86. The van der Waals surface area contributed by atoms with Crippen molar-refractivity contribution in [3.63, 3.8) is 0 Å². The number of aryl methyl sites for hydroxylation is 2. The average Bonchev–Trinajstić information content (AvgIpc) is 2.82. The van der Waals surface area contributed by atoms with Gasteiger partial charge in [0.05, 0.1) is 11.4 Å². The first-order valence-electron chi connectivity index (χ1n) is 10.6. The third-order valence-electron chi connectivity index (χ3n) is 4.80. The van der Waals surface area contributed by atoms with Gasteiger partial charge in [0.25, 0.3) is 0 Å². The van der Waals surface area contributed by atoms with E-state index in [1.807, 2.05) is 62.4 Å². The Bertz CT molecular complexity index is 1230.